The van der Waals surface area contributed by atoms with Gasteiger partial charge < -0.3 is 9.84 Å². The number of aliphatic carboxylic acids is 1. The van der Waals surface area contributed by atoms with E-state index in [9.17, 15) is 9.59 Å². The van der Waals surface area contributed by atoms with Crippen LogP contribution in [0.4, 0.5) is 0 Å². The van der Waals surface area contributed by atoms with Gasteiger partial charge in [0.25, 0.3) is 0 Å². The van der Waals surface area contributed by atoms with Crippen molar-refractivity contribution in [2.45, 2.75) is 51.9 Å². The van der Waals surface area contributed by atoms with Crippen LogP contribution in [0, 0.1) is 0 Å². The van der Waals surface area contributed by atoms with Gasteiger partial charge in [-0.2, -0.15) is 0 Å². The molecular weight excluding hydrogens is 220 g/mol. The Morgan fingerprint density at radius 1 is 1.06 bits per heavy atom. The monoisotopic (exact) mass is 242 g/mol. The van der Waals surface area contributed by atoms with E-state index in [2.05, 4.69) is 0 Å². The summed E-state index contributed by atoms with van der Waals surface area (Å²) in [4.78, 5) is 20.7. The van der Waals surface area contributed by atoms with Gasteiger partial charge in [0, 0.05) is 13.3 Å². The summed E-state index contributed by atoms with van der Waals surface area (Å²) >= 11 is 0. The third kappa shape index (κ3) is 14.7. The summed E-state index contributed by atoms with van der Waals surface area (Å²) in [5, 5.41) is 8.43. The standard InChI is InChI=1S/C13H22O4/c1-12(14)17-11-9-7-5-3-2-4-6-8-10-13(15)16/h7,9H,2-6,8,10-11H2,1H3,(H,15,16). The van der Waals surface area contributed by atoms with Crippen LogP contribution in [0.5, 0.6) is 0 Å². The summed E-state index contributed by atoms with van der Waals surface area (Å²) in [6.45, 7) is 1.75. The number of unbranched alkanes of at least 4 members (excludes halogenated alkanes) is 5. The molecule has 0 aromatic heterocycles. The molecule has 0 unspecified atom stereocenters. The predicted octanol–water partition coefficient (Wildman–Crippen LogP) is 2.92. The van der Waals surface area contributed by atoms with Crippen molar-refractivity contribution < 1.29 is 19.4 Å². The zero-order chi connectivity index (χ0) is 12.9. The van der Waals surface area contributed by atoms with Crippen LogP contribution >= 0.6 is 0 Å². The maximum atomic E-state index is 10.4. The zero-order valence-electron chi connectivity index (χ0n) is 10.5. The third-order valence-electron chi connectivity index (χ3n) is 2.31. The van der Waals surface area contributed by atoms with Gasteiger partial charge in [-0.25, -0.2) is 0 Å². The lowest BCUT2D eigenvalue weighted by Crippen LogP contribution is -1.97. The Hall–Kier alpha value is -1.32. The maximum absolute atomic E-state index is 10.4. The van der Waals surface area contributed by atoms with Crippen LogP contribution in [-0.2, 0) is 14.3 Å². The second-order valence-electron chi connectivity index (χ2n) is 3.97. The molecule has 0 rings (SSSR count). The first kappa shape index (κ1) is 15.7. The number of carboxylic acid groups (broad SMARTS) is 1. The highest BCUT2D eigenvalue weighted by Gasteiger charge is 1.95. The lowest BCUT2D eigenvalue weighted by atomic mass is 10.1. The van der Waals surface area contributed by atoms with E-state index in [1.807, 2.05) is 12.2 Å². The summed E-state index contributed by atoms with van der Waals surface area (Å²) in [6, 6.07) is 0. The molecule has 0 aliphatic carbocycles. The number of allylic oxidation sites excluding steroid dienone is 1. The quantitative estimate of drug-likeness (QED) is 0.363. The molecule has 4 nitrogen and oxygen atoms in total. The van der Waals surface area contributed by atoms with Crippen LogP contribution in [0.2, 0.25) is 0 Å². The van der Waals surface area contributed by atoms with Crippen molar-refractivity contribution in [1.29, 1.82) is 0 Å². The molecular formula is C13H22O4. The Morgan fingerprint density at radius 3 is 2.35 bits per heavy atom. The predicted molar refractivity (Wildman–Crippen MR) is 65.7 cm³/mol. The van der Waals surface area contributed by atoms with E-state index in [0.29, 0.717) is 6.61 Å². The number of hydrogen-bond donors (Lipinski definition) is 1. The summed E-state index contributed by atoms with van der Waals surface area (Å²) in [6.07, 6.45) is 10.2. The van der Waals surface area contributed by atoms with Crippen LogP contribution in [-0.4, -0.2) is 23.7 Å². The fraction of sp³-hybridized carbons (Fsp3) is 0.692. The van der Waals surface area contributed by atoms with Crippen molar-refractivity contribution in [3.05, 3.63) is 12.2 Å². The molecule has 0 aliphatic rings. The lowest BCUT2D eigenvalue weighted by molar-refractivity contribution is -0.140. The second kappa shape index (κ2) is 11.2. The number of carboxylic acids is 1. The molecule has 0 saturated carbocycles. The SMILES string of the molecule is CC(=O)OCC=CCCCCCCCC(=O)O. The second-order valence-corrected chi connectivity index (χ2v) is 3.97. The van der Waals surface area contributed by atoms with Crippen molar-refractivity contribution in [2.75, 3.05) is 6.61 Å². The zero-order valence-corrected chi connectivity index (χ0v) is 10.5. The van der Waals surface area contributed by atoms with Crippen LogP contribution in [0.25, 0.3) is 0 Å². The van der Waals surface area contributed by atoms with Gasteiger partial charge in [0.15, 0.2) is 0 Å². The van der Waals surface area contributed by atoms with Gasteiger partial charge in [-0.05, 0) is 19.3 Å². The summed E-state index contributed by atoms with van der Waals surface area (Å²) < 4.78 is 4.74. The highest BCUT2D eigenvalue weighted by Crippen LogP contribution is 2.07. The van der Waals surface area contributed by atoms with Crippen molar-refractivity contribution in [1.82, 2.24) is 0 Å². The first-order valence-electron chi connectivity index (χ1n) is 6.13. The fourth-order valence-electron chi connectivity index (χ4n) is 1.42. The van der Waals surface area contributed by atoms with Crippen LogP contribution in [0.15, 0.2) is 12.2 Å². The van der Waals surface area contributed by atoms with Crippen molar-refractivity contribution >= 4 is 11.9 Å². The van der Waals surface area contributed by atoms with Gasteiger partial charge >= 0.3 is 11.9 Å². The minimum atomic E-state index is -0.710. The minimum absolute atomic E-state index is 0.256. The van der Waals surface area contributed by atoms with Gasteiger partial charge in [-0.1, -0.05) is 31.4 Å². The summed E-state index contributed by atoms with van der Waals surface area (Å²) in [5.41, 5.74) is 0. The molecule has 0 radical (unpaired) electrons. The molecule has 0 aromatic rings. The number of carbonyl (C=O) groups excluding carboxylic acids is 1. The first-order valence-corrected chi connectivity index (χ1v) is 6.13. The Kier molecular flexibility index (Phi) is 10.3. The molecule has 0 fully saturated rings. The minimum Gasteiger partial charge on any atom is -0.481 e. The van der Waals surface area contributed by atoms with Crippen molar-refractivity contribution in [3.8, 4) is 0 Å². The molecule has 4 heteroatoms. The van der Waals surface area contributed by atoms with E-state index in [0.717, 1.165) is 38.5 Å². The van der Waals surface area contributed by atoms with E-state index >= 15 is 0 Å². The molecule has 0 aromatic carbocycles. The molecule has 0 bridgehead atoms. The molecule has 0 spiro atoms. The van der Waals surface area contributed by atoms with Gasteiger partial charge in [-0.15, -0.1) is 0 Å². The van der Waals surface area contributed by atoms with Crippen LogP contribution < -0.4 is 0 Å². The highest BCUT2D eigenvalue weighted by atomic mass is 16.5. The molecule has 0 heterocycles. The van der Waals surface area contributed by atoms with Crippen LogP contribution in [0.1, 0.15) is 51.9 Å². The van der Waals surface area contributed by atoms with Crippen molar-refractivity contribution in [3.63, 3.8) is 0 Å². The summed E-state index contributed by atoms with van der Waals surface area (Å²) in [5.74, 6) is -0.966. The number of ether oxygens (including phenoxy) is 1. The first-order chi connectivity index (χ1) is 8.13. The molecule has 98 valence electrons. The van der Waals surface area contributed by atoms with Gasteiger partial charge in [0.2, 0.25) is 0 Å². The lowest BCUT2D eigenvalue weighted by Gasteiger charge is -1.98. The van der Waals surface area contributed by atoms with E-state index < -0.39 is 5.97 Å². The Bertz CT molecular complexity index is 246. The molecule has 0 saturated heterocycles. The highest BCUT2D eigenvalue weighted by molar-refractivity contribution is 5.66. The van der Waals surface area contributed by atoms with E-state index in [-0.39, 0.29) is 12.4 Å². The molecule has 0 aliphatic heterocycles. The summed E-state index contributed by atoms with van der Waals surface area (Å²) in [7, 11) is 0. The number of rotatable bonds is 10. The van der Waals surface area contributed by atoms with Crippen molar-refractivity contribution in [2.24, 2.45) is 0 Å². The Morgan fingerprint density at radius 2 is 1.71 bits per heavy atom. The van der Waals surface area contributed by atoms with Crippen LogP contribution in [0.3, 0.4) is 0 Å². The molecule has 0 atom stereocenters. The topological polar surface area (TPSA) is 63.6 Å². The molecule has 0 amide bonds. The van der Waals surface area contributed by atoms with Gasteiger partial charge in [-0.3, -0.25) is 9.59 Å². The Balaban J connectivity index is 3.12. The van der Waals surface area contributed by atoms with Gasteiger partial charge in [0.05, 0.1) is 0 Å². The smallest absolute Gasteiger partial charge is 0.303 e. The number of hydrogen-bond acceptors (Lipinski definition) is 3. The largest absolute Gasteiger partial charge is 0.481 e. The van der Waals surface area contributed by atoms with E-state index in [1.54, 1.807) is 0 Å². The third-order valence-corrected chi connectivity index (χ3v) is 2.31. The van der Waals surface area contributed by atoms with E-state index in [1.165, 1.54) is 6.92 Å². The normalized spacial score (nSPS) is 10.6. The average molecular weight is 242 g/mol. The number of esters is 1. The molecule has 1 N–H and O–H groups in total. The Labute approximate surface area is 103 Å². The van der Waals surface area contributed by atoms with Gasteiger partial charge in [0.1, 0.15) is 6.61 Å². The fourth-order valence-corrected chi connectivity index (χ4v) is 1.42. The average Bonchev–Trinajstić information content (AvgIpc) is 2.25. The molecule has 17 heavy (non-hydrogen) atoms. The number of carbonyl (C=O) groups is 2. The van der Waals surface area contributed by atoms with E-state index in [4.69, 9.17) is 9.84 Å². The maximum Gasteiger partial charge on any atom is 0.303 e.